The first-order chi connectivity index (χ1) is 8.19. The Kier molecular flexibility index (Phi) is 4.38. The van der Waals surface area contributed by atoms with Gasteiger partial charge in [-0.25, -0.2) is 9.59 Å². The first-order valence-corrected chi connectivity index (χ1v) is 6.14. The Bertz CT molecular complexity index is 379. The number of alkyl carbamates (subject to hydrolysis) is 1. The number of carbonyl (C=O) groups excluding carboxylic acids is 1. The Morgan fingerprint density at radius 3 is 2.50 bits per heavy atom. The third kappa shape index (κ3) is 4.39. The fraction of sp³-hybridized carbons (Fsp3) is 0.692. The van der Waals surface area contributed by atoms with Crippen LogP contribution >= 0.6 is 0 Å². The second kappa shape index (κ2) is 5.42. The molecule has 0 aromatic carbocycles. The van der Waals surface area contributed by atoms with Crippen LogP contribution in [-0.2, 0) is 9.53 Å². The van der Waals surface area contributed by atoms with Crippen LogP contribution in [-0.4, -0.2) is 22.7 Å². The van der Waals surface area contributed by atoms with E-state index >= 15 is 0 Å². The van der Waals surface area contributed by atoms with Gasteiger partial charge in [-0.2, -0.15) is 0 Å². The monoisotopic (exact) mass is 255 g/mol. The van der Waals surface area contributed by atoms with E-state index in [0.717, 1.165) is 6.42 Å². The third-order valence-corrected chi connectivity index (χ3v) is 2.70. The van der Waals surface area contributed by atoms with E-state index in [2.05, 4.69) is 5.32 Å². The van der Waals surface area contributed by atoms with Crippen LogP contribution in [0.3, 0.4) is 0 Å². The molecule has 0 saturated heterocycles. The van der Waals surface area contributed by atoms with Crippen molar-refractivity contribution in [1.82, 2.24) is 5.32 Å². The summed E-state index contributed by atoms with van der Waals surface area (Å²) in [6.07, 6.45) is 1.20. The van der Waals surface area contributed by atoms with Crippen molar-refractivity contribution in [1.29, 1.82) is 0 Å². The Morgan fingerprint density at radius 1 is 1.39 bits per heavy atom. The van der Waals surface area contributed by atoms with Crippen molar-refractivity contribution in [2.45, 2.75) is 52.5 Å². The molecule has 0 heterocycles. The number of amides is 1. The van der Waals surface area contributed by atoms with Gasteiger partial charge in [0.1, 0.15) is 5.76 Å². The molecule has 5 heteroatoms. The zero-order valence-electron chi connectivity index (χ0n) is 11.4. The molecule has 5 nitrogen and oxygen atoms in total. The highest BCUT2D eigenvalue weighted by Crippen LogP contribution is 2.30. The minimum atomic E-state index is -1.000. The lowest BCUT2D eigenvalue weighted by molar-refractivity contribution is -0.133. The lowest BCUT2D eigenvalue weighted by Gasteiger charge is -2.24. The molecular formula is C13H21NO4. The number of ether oxygens (including phenoxy) is 1. The average Bonchev–Trinajstić information content (AvgIpc) is 2.17. The summed E-state index contributed by atoms with van der Waals surface area (Å²) < 4.78 is 5.14. The van der Waals surface area contributed by atoms with Crippen LogP contribution in [0.4, 0.5) is 4.79 Å². The van der Waals surface area contributed by atoms with Crippen LogP contribution in [0.25, 0.3) is 0 Å². The average molecular weight is 255 g/mol. The Balaban J connectivity index is 2.77. The number of carboxylic acids is 1. The second-order valence-electron chi connectivity index (χ2n) is 5.82. The van der Waals surface area contributed by atoms with Gasteiger partial charge in [0.25, 0.3) is 0 Å². The highest BCUT2D eigenvalue weighted by molar-refractivity contribution is 5.88. The number of nitrogens with one attached hydrogen (secondary N) is 1. The molecule has 0 aliphatic heterocycles. The maximum Gasteiger partial charge on any atom is 0.412 e. The first-order valence-electron chi connectivity index (χ1n) is 6.14. The van der Waals surface area contributed by atoms with Gasteiger partial charge in [-0.1, -0.05) is 6.92 Å². The summed E-state index contributed by atoms with van der Waals surface area (Å²) in [6, 6.07) is 0. The summed E-state index contributed by atoms with van der Waals surface area (Å²) in [6.45, 7) is 7.51. The van der Waals surface area contributed by atoms with E-state index in [1.807, 2.05) is 27.7 Å². The van der Waals surface area contributed by atoms with E-state index in [1.54, 1.807) is 0 Å². The van der Waals surface area contributed by atoms with Gasteiger partial charge in [-0.05, 0) is 39.5 Å². The Labute approximate surface area is 107 Å². The van der Waals surface area contributed by atoms with Gasteiger partial charge in [-0.3, -0.25) is 0 Å². The first kappa shape index (κ1) is 14.5. The zero-order chi connectivity index (χ0) is 13.9. The highest BCUT2D eigenvalue weighted by atomic mass is 16.6. The van der Waals surface area contributed by atoms with Crippen molar-refractivity contribution in [3.63, 3.8) is 0 Å². The van der Waals surface area contributed by atoms with Gasteiger partial charge < -0.3 is 15.2 Å². The van der Waals surface area contributed by atoms with Gasteiger partial charge in [0.05, 0.1) is 5.57 Å². The molecule has 1 aliphatic carbocycles. The smallest absolute Gasteiger partial charge is 0.412 e. The molecule has 1 amide bonds. The number of rotatable bonds is 2. The van der Waals surface area contributed by atoms with E-state index in [1.165, 1.54) is 0 Å². The van der Waals surface area contributed by atoms with Crippen molar-refractivity contribution in [2.24, 2.45) is 5.92 Å². The molecule has 0 fully saturated rings. The van der Waals surface area contributed by atoms with Crippen molar-refractivity contribution in [2.75, 3.05) is 0 Å². The number of hydrogen-bond acceptors (Lipinski definition) is 3. The quantitative estimate of drug-likeness (QED) is 0.795. The molecule has 0 bridgehead atoms. The summed E-state index contributed by atoms with van der Waals surface area (Å²) >= 11 is 0. The molecule has 0 saturated carbocycles. The second-order valence-corrected chi connectivity index (χ2v) is 5.82. The largest absolute Gasteiger partial charge is 0.478 e. The fourth-order valence-electron chi connectivity index (χ4n) is 1.86. The van der Waals surface area contributed by atoms with E-state index < -0.39 is 17.6 Å². The molecule has 1 rings (SSSR count). The third-order valence-electron chi connectivity index (χ3n) is 2.70. The van der Waals surface area contributed by atoms with Crippen LogP contribution < -0.4 is 5.32 Å². The number of carboxylic acid groups (broad SMARTS) is 1. The number of allylic oxidation sites excluding steroid dienone is 1. The zero-order valence-corrected chi connectivity index (χ0v) is 11.4. The summed E-state index contributed by atoms with van der Waals surface area (Å²) in [5.74, 6) is -0.392. The van der Waals surface area contributed by atoms with E-state index in [0.29, 0.717) is 24.5 Å². The molecule has 1 unspecified atom stereocenters. The SMILES string of the molecule is CC1CCC(OC(=O)NC(C)(C)C)=C(C(=O)O)C1. The summed E-state index contributed by atoms with van der Waals surface area (Å²) in [5.41, 5.74) is -0.180. The van der Waals surface area contributed by atoms with Gasteiger partial charge in [-0.15, -0.1) is 0 Å². The Hall–Kier alpha value is -1.52. The van der Waals surface area contributed by atoms with Gasteiger partial charge in [0.2, 0.25) is 0 Å². The molecule has 102 valence electrons. The molecule has 1 aliphatic rings. The Morgan fingerprint density at radius 2 is 2.00 bits per heavy atom. The van der Waals surface area contributed by atoms with Crippen molar-refractivity contribution in [3.05, 3.63) is 11.3 Å². The predicted molar refractivity (Wildman–Crippen MR) is 67.0 cm³/mol. The molecule has 1 atom stereocenters. The minimum absolute atomic E-state index is 0.220. The molecular weight excluding hydrogens is 234 g/mol. The molecule has 0 aromatic rings. The summed E-state index contributed by atoms with van der Waals surface area (Å²) in [4.78, 5) is 22.7. The number of hydrogen-bond donors (Lipinski definition) is 2. The van der Waals surface area contributed by atoms with Crippen LogP contribution in [0.5, 0.6) is 0 Å². The minimum Gasteiger partial charge on any atom is -0.478 e. The normalized spacial score (nSPS) is 20.6. The van der Waals surface area contributed by atoms with Crippen LogP contribution in [0.1, 0.15) is 47.0 Å². The maximum absolute atomic E-state index is 11.6. The van der Waals surface area contributed by atoms with Crippen molar-refractivity contribution in [3.8, 4) is 0 Å². The van der Waals surface area contributed by atoms with Crippen LogP contribution in [0.15, 0.2) is 11.3 Å². The lowest BCUT2D eigenvalue weighted by Crippen LogP contribution is -2.41. The summed E-state index contributed by atoms with van der Waals surface area (Å²) in [5, 5.41) is 11.8. The van der Waals surface area contributed by atoms with Gasteiger partial charge in [0.15, 0.2) is 0 Å². The topological polar surface area (TPSA) is 75.6 Å². The lowest BCUT2D eigenvalue weighted by atomic mass is 9.89. The van der Waals surface area contributed by atoms with E-state index in [-0.39, 0.29) is 5.57 Å². The van der Waals surface area contributed by atoms with Crippen LogP contribution in [0.2, 0.25) is 0 Å². The predicted octanol–water partition coefficient (Wildman–Crippen LogP) is 2.67. The highest BCUT2D eigenvalue weighted by Gasteiger charge is 2.26. The molecule has 0 radical (unpaired) electrons. The van der Waals surface area contributed by atoms with Gasteiger partial charge in [0, 0.05) is 12.0 Å². The van der Waals surface area contributed by atoms with Crippen molar-refractivity contribution < 1.29 is 19.4 Å². The molecule has 2 N–H and O–H groups in total. The molecule has 0 spiro atoms. The van der Waals surface area contributed by atoms with Crippen LogP contribution in [0, 0.1) is 5.92 Å². The van der Waals surface area contributed by atoms with E-state index in [4.69, 9.17) is 9.84 Å². The number of aliphatic carboxylic acids is 1. The summed E-state index contributed by atoms with van der Waals surface area (Å²) in [7, 11) is 0. The maximum atomic E-state index is 11.6. The standard InChI is InChI=1S/C13H21NO4/c1-8-5-6-10(9(7-8)11(15)16)18-12(17)14-13(2,3)4/h8H,5-7H2,1-4H3,(H,14,17)(H,15,16). The molecule has 0 aromatic heterocycles. The number of carbonyl (C=O) groups is 2. The van der Waals surface area contributed by atoms with E-state index in [9.17, 15) is 9.59 Å². The molecule has 18 heavy (non-hydrogen) atoms. The van der Waals surface area contributed by atoms with Crippen molar-refractivity contribution >= 4 is 12.1 Å². The van der Waals surface area contributed by atoms with Gasteiger partial charge >= 0.3 is 12.1 Å². The fourth-order valence-corrected chi connectivity index (χ4v) is 1.86.